The van der Waals surface area contributed by atoms with Gasteiger partial charge in [-0.25, -0.2) is 4.99 Å². The Morgan fingerprint density at radius 2 is 2.00 bits per heavy atom. The van der Waals surface area contributed by atoms with Crippen LogP contribution in [0.2, 0.25) is 0 Å². The highest BCUT2D eigenvalue weighted by Gasteiger charge is 2.40. The number of hydrogen-bond acceptors (Lipinski definition) is 9. The lowest BCUT2D eigenvalue weighted by molar-refractivity contribution is 0.122. The maximum Gasteiger partial charge on any atom is 0.229 e. The van der Waals surface area contributed by atoms with Gasteiger partial charge in [0.15, 0.2) is 5.82 Å². The molecule has 32 heavy (non-hydrogen) atoms. The summed E-state index contributed by atoms with van der Waals surface area (Å²) in [5.74, 6) is 2.21. The molecule has 3 aliphatic heterocycles. The van der Waals surface area contributed by atoms with Crippen LogP contribution >= 0.6 is 0 Å². The van der Waals surface area contributed by atoms with E-state index < -0.39 is 0 Å². The van der Waals surface area contributed by atoms with Crippen LogP contribution in [0, 0.1) is 11.3 Å². The van der Waals surface area contributed by atoms with Gasteiger partial charge in [-0.05, 0) is 38.7 Å². The molecule has 0 aromatic carbocycles. The summed E-state index contributed by atoms with van der Waals surface area (Å²) in [7, 11) is 0. The lowest BCUT2D eigenvalue weighted by atomic mass is 9.97. The van der Waals surface area contributed by atoms with Crippen LogP contribution < -0.4 is 21.7 Å². The molecule has 2 bridgehead atoms. The van der Waals surface area contributed by atoms with Crippen LogP contribution in [0.5, 0.6) is 0 Å². The number of aliphatic imine (C=N–C) groups is 1. The van der Waals surface area contributed by atoms with Crippen LogP contribution in [-0.2, 0) is 4.74 Å². The first-order valence-electron chi connectivity index (χ1n) is 11.4. The third-order valence-corrected chi connectivity index (χ3v) is 6.33. The Kier molecular flexibility index (Phi) is 7.07. The molecular formula is C22H33N9O. The van der Waals surface area contributed by atoms with Crippen LogP contribution in [0.15, 0.2) is 22.8 Å². The Morgan fingerprint density at radius 1 is 1.28 bits per heavy atom. The number of nitrogens with one attached hydrogen (secondary N) is 1. The summed E-state index contributed by atoms with van der Waals surface area (Å²) in [6, 6.07) is 5.53. The molecule has 3 atom stereocenters. The Balaban J connectivity index is 1.53. The van der Waals surface area contributed by atoms with E-state index in [4.69, 9.17) is 26.5 Å². The van der Waals surface area contributed by atoms with Crippen LogP contribution in [0.25, 0.3) is 0 Å². The average molecular weight is 440 g/mol. The minimum atomic E-state index is 0.312. The maximum atomic E-state index is 8.96. The summed E-state index contributed by atoms with van der Waals surface area (Å²) < 4.78 is 5.47. The molecule has 5 N–H and O–H groups in total. The van der Waals surface area contributed by atoms with Gasteiger partial charge >= 0.3 is 0 Å². The van der Waals surface area contributed by atoms with E-state index in [9.17, 15) is 0 Å². The summed E-state index contributed by atoms with van der Waals surface area (Å²) >= 11 is 0. The molecule has 3 saturated heterocycles. The zero-order valence-corrected chi connectivity index (χ0v) is 18.7. The number of piperidine rings is 1. The van der Waals surface area contributed by atoms with Gasteiger partial charge in [-0.2, -0.15) is 15.2 Å². The highest BCUT2D eigenvalue weighted by atomic mass is 16.5. The van der Waals surface area contributed by atoms with E-state index >= 15 is 0 Å². The fourth-order valence-electron chi connectivity index (χ4n) is 5.00. The number of allylic oxidation sites excluding steroid dienone is 1. The lowest BCUT2D eigenvalue weighted by Gasteiger charge is -2.39. The molecule has 172 valence electrons. The Labute approximate surface area is 189 Å². The molecule has 0 spiro atoms. The number of fused-ring (bicyclic) bond motifs is 2. The van der Waals surface area contributed by atoms with E-state index in [2.05, 4.69) is 31.2 Å². The van der Waals surface area contributed by atoms with Gasteiger partial charge in [0.05, 0.1) is 19.3 Å². The number of aromatic nitrogens is 2. The lowest BCUT2D eigenvalue weighted by Crippen LogP contribution is -2.47. The SMILES string of the molecule is C/C(N)=C/C(N)=Nc1cc(NC2C[C@H]3CC[C@@H](C2)N3CCC#N)nc(N2CCOCC2)n1. The zero-order chi connectivity index (χ0) is 22.5. The molecule has 10 heteroatoms. The van der Waals surface area contributed by atoms with Gasteiger partial charge in [-0.15, -0.1) is 0 Å². The molecule has 0 amide bonds. The van der Waals surface area contributed by atoms with Gasteiger partial charge in [0.25, 0.3) is 0 Å². The predicted octanol–water partition coefficient (Wildman–Crippen LogP) is 1.49. The van der Waals surface area contributed by atoms with Crippen molar-refractivity contribution in [2.24, 2.45) is 16.5 Å². The van der Waals surface area contributed by atoms with E-state index in [1.165, 1.54) is 12.8 Å². The van der Waals surface area contributed by atoms with E-state index in [0.717, 1.165) is 38.3 Å². The minimum Gasteiger partial charge on any atom is -0.402 e. The van der Waals surface area contributed by atoms with Gasteiger partial charge in [-0.1, -0.05) is 0 Å². The van der Waals surface area contributed by atoms with Gasteiger partial charge in [0.2, 0.25) is 5.95 Å². The zero-order valence-electron chi connectivity index (χ0n) is 18.7. The number of amidine groups is 1. The van der Waals surface area contributed by atoms with Gasteiger partial charge in [0.1, 0.15) is 11.7 Å². The van der Waals surface area contributed by atoms with E-state index in [1.54, 1.807) is 13.0 Å². The average Bonchev–Trinajstić information content (AvgIpc) is 3.00. The molecule has 3 fully saturated rings. The number of nitriles is 1. The molecule has 1 aromatic rings. The fourth-order valence-corrected chi connectivity index (χ4v) is 5.00. The molecule has 0 radical (unpaired) electrons. The van der Waals surface area contributed by atoms with Crippen molar-refractivity contribution < 1.29 is 4.74 Å². The molecule has 0 saturated carbocycles. The monoisotopic (exact) mass is 439 g/mol. The third-order valence-electron chi connectivity index (χ3n) is 6.33. The first-order chi connectivity index (χ1) is 15.5. The maximum absolute atomic E-state index is 8.96. The molecule has 1 unspecified atom stereocenters. The molecule has 1 aromatic heterocycles. The smallest absolute Gasteiger partial charge is 0.229 e. The number of nitrogens with two attached hydrogens (primary N) is 2. The predicted molar refractivity (Wildman–Crippen MR) is 125 cm³/mol. The first kappa shape index (κ1) is 22.3. The van der Waals surface area contributed by atoms with Crippen LogP contribution in [0.3, 0.4) is 0 Å². The topological polar surface area (TPSA) is 142 Å². The number of anilines is 2. The number of hydrogen-bond donors (Lipinski definition) is 3. The summed E-state index contributed by atoms with van der Waals surface area (Å²) in [5.41, 5.74) is 12.3. The fraction of sp³-hybridized carbons (Fsp3) is 0.636. The number of rotatable bonds is 7. The number of morpholine rings is 1. The van der Waals surface area contributed by atoms with Crippen LogP contribution in [0.4, 0.5) is 17.6 Å². The summed E-state index contributed by atoms with van der Waals surface area (Å²) in [6.45, 7) is 5.44. The van der Waals surface area contributed by atoms with Gasteiger partial charge in [-0.3, -0.25) is 4.90 Å². The highest BCUT2D eigenvalue weighted by Crippen LogP contribution is 2.37. The third kappa shape index (κ3) is 5.47. The molecular weight excluding hydrogens is 406 g/mol. The second-order valence-electron chi connectivity index (χ2n) is 8.78. The molecule has 4 heterocycles. The Morgan fingerprint density at radius 3 is 2.66 bits per heavy atom. The van der Waals surface area contributed by atoms with Gasteiger partial charge in [0, 0.05) is 55.9 Å². The van der Waals surface area contributed by atoms with Crippen molar-refractivity contribution in [2.45, 2.75) is 57.2 Å². The number of ether oxygens (including phenoxy) is 1. The van der Waals surface area contributed by atoms with Crippen LogP contribution in [0.1, 0.15) is 39.0 Å². The normalized spacial score (nSPS) is 26.8. The summed E-state index contributed by atoms with van der Waals surface area (Å²) in [4.78, 5) is 18.5. The van der Waals surface area contributed by atoms with Crippen molar-refractivity contribution in [1.29, 1.82) is 5.26 Å². The van der Waals surface area contributed by atoms with Crippen molar-refractivity contribution in [3.63, 3.8) is 0 Å². The molecule has 10 nitrogen and oxygen atoms in total. The van der Waals surface area contributed by atoms with E-state index in [0.29, 0.717) is 61.1 Å². The highest BCUT2D eigenvalue weighted by molar-refractivity contribution is 5.93. The second kappa shape index (κ2) is 10.1. The molecule has 3 aliphatic rings. The Bertz CT molecular complexity index is 885. The van der Waals surface area contributed by atoms with E-state index in [-0.39, 0.29) is 0 Å². The van der Waals surface area contributed by atoms with Crippen molar-refractivity contribution in [3.05, 3.63) is 17.8 Å². The quantitative estimate of drug-likeness (QED) is 0.425. The first-order valence-corrected chi connectivity index (χ1v) is 11.4. The largest absolute Gasteiger partial charge is 0.402 e. The second-order valence-corrected chi connectivity index (χ2v) is 8.78. The summed E-state index contributed by atoms with van der Waals surface area (Å²) in [5, 5.41) is 12.6. The van der Waals surface area contributed by atoms with E-state index in [1.807, 2.05) is 6.07 Å². The standard InChI is InChI=1S/C22H33N9O/c1-15(24)11-19(25)27-21-14-20(28-22(29-21)30-7-9-32-10-8-30)26-16-12-17-3-4-18(13-16)31(17)6-2-5-23/h11,14,16-18H,2-4,6-10,12-13,24H2,1H3,(H3,25,26,27,28,29)/b15-11-/t16?,17-,18+. The Hall–Kier alpha value is -2.90. The number of nitrogens with zero attached hydrogens (tertiary/aromatic N) is 6. The minimum absolute atomic E-state index is 0.312. The van der Waals surface area contributed by atoms with Crippen molar-refractivity contribution >= 4 is 23.4 Å². The van der Waals surface area contributed by atoms with Crippen molar-refractivity contribution in [1.82, 2.24) is 14.9 Å². The van der Waals surface area contributed by atoms with Crippen molar-refractivity contribution in [3.8, 4) is 6.07 Å². The summed E-state index contributed by atoms with van der Waals surface area (Å²) in [6.07, 6.45) is 6.73. The molecule has 4 rings (SSSR count). The van der Waals surface area contributed by atoms with Gasteiger partial charge < -0.3 is 26.4 Å². The van der Waals surface area contributed by atoms with Crippen molar-refractivity contribution in [2.75, 3.05) is 43.1 Å². The van der Waals surface area contributed by atoms with Crippen LogP contribution in [-0.4, -0.2) is 71.7 Å². The molecule has 0 aliphatic carbocycles.